The molecule has 2 rings (SSSR count). The molecule has 1 aromatic carbocycles. The van der Waals surface area contributed by atoms with Crippen LogP contribution in [0, 0.1) is 0 Å². The van der Waals surface area contributed by atoms with E-state index < -0.39 is 12.5 Å². The van der Waals surface area contributed by atoms with Crippen LogP contribution in [0.25, 0.3) is 0 Å². The number of rotatable bonds is 5. The molecule has 0 saturated heterocycles. The Morgan fingerprint density at radius 1 is 1.50 bits per heavy atom. The SMILES string of the molecule is Nc1[nH]ncc1CNC(=O)c1cccc(OC(F)F)c1. The van der Waals surface area contributed by atoms with E-state index >= 15 is 0 Å². The molecule has 2 aromatic rings. The third-order valence-corrected chi connectivity index (χ3v) is 2.51. The van der Waals surface area contributed by atoms with Crippen LogP contribution in [0.15, 0.2) is 30.5 Å². The highest BCUT2D eigenvalue weighted by molar-refractivity contribution is 5.94. The quantitative estimate of drug-likeness (QED) is 0.775. The maximum absolute atomic E-state index is 12.1. The Morgan fingerprint density at radius 2 is 2.30 bits per heavy atom. The molecule has 1 amide bonds. The van der Waals surface area contributed by atoms with Crippen molar-refractivity contribution in [3.05, 3.63) is 41.6 Å². The Balaban J connectivity index is 2.00. The lowest BCUT2D eigenvalue weighted by Crippen LogP contribution is -2.23. The van der Waals surface area contributed by atoms with Crippen molar-refractivity contribution in [1.29, 1.82) is 0 Å². The van der Waals surface area contributed by atoms with Crippen LogP contribution in [-0.2, 0) is 6.54 Å². The molecular weight excluding hydrogens is 270 g/mol. The second kappa shape index (κ2) is 6.00. The highest BCUT2D eigenvalue weighted by atomic mass is 19.3. The molecule has 6 nitrogen and oxygen atoms in total. The molecule has 8 heteroatoms. The Hall–Kier alpha value is -2.64. The van der Waals surface area contributed by atoms with Crippen molar-refractivity contribution in [1.82, 2.24) is 15.5 Å². The van der Waals surface area contributed by atoms with E-state index in [2.05, 4.69) is 20.3 Å². The number of amides is 1. The average molecular weight is 282 g/mol. The minimum atomic E-state index is -2.93. The molecule has 0 unspecified atom stereocenters. The van der Waals surface area contributed by atoms with Gasteiger partial charge in [0.25, 0.3) is 5.91 Å². The number of nitrogens with one attached hydrogen (secondary N) is 2. The lowest BCUT2D eigenvalue weighted by Gasteiger charge is -2.07. The zero-order valence-electron chi connectivity index (χ0n) is 10.3. The lowest BCUT2D eigenvalue weighted by molar-refractivity contribution is -0.0498. The van der Waals surface area contributed by atoms with Gasteiger partial charge in [-0.25, -0.2) is 0 Å². The van der Waals surface area contributed by atoms with Crippen molar-refractivity contribution in [3.63, 3.8) is 0 Å². The van der Waals surface area contributed by atoms with Gasteiger partial charge >= 0.3 is 6.61 Å². The van der Waals surface area contributed by atoms with Crippen LogP contribution in [0.4, 0.5) is 14.6 Å². The smallest absolute Gasteiger partial charge is 0.387 e. The van der Waals surface area contributed by atoms with Crippen LogP contribution in [0.5, 0.6) is 5.75 Å². The largest absolute Gasteiger partial charge is 0.435 e. The first-order chi connectivity index (χ1) is 9.56. The number of alkyl halides is 2. The fraction of sp³-hybridized carbons (Fsp3) is 0.167. The first-order valence-corrected chi connectivity index (χ1v) is 5.67. The van der Waals surface area contributed by atoms with Gasteiger partial charge in [0.1, 0.15) is 11.6 Å². The molecule has 0 radical (unpaired) electrons. The molecule has 0 aliphatic heterocycles. The number of aromatic amines is 1. The number of hydrogen-bond donors (Lipinski definition) is 3. The number of nitrogen functional groups attached to an aromatic ring is 1. The number of halogens is 2. The van der Waals surface area contributed by atoms with Crippen molar-refractivity contribution in [2.45, 2.75) is 13.2 Å². The maximum atomic E-state index is 12.1. The molecular formula is C12H12F2N4O2. The zero-order chi connectivity index (χ0) is 14.5. The summed E-state index contributed by atoms with van der Waals surface area (Å²) in [6.07, 6.45) is 1.49. The number of hydrogen-bond acceptors (Lipinski definition) is 4. The zero-order valence-corrected chi connectivity index (χ0v) is 10.3. The first-order valence-electron chi connectivity index (χ1n) is 5.67. The van der Waals surface area contributed by atoms with Crippen LogP contribution >= 0.6 is 0 Å². The second-order valence-corrected chi connectivity index (χ2v) is 3.90. The minimum Gasteiger partial charge on any atom is -0.435 e. The lowest BCUT2D eigenvalue weighted by atomic mass is 10.2. The van der Waals surface area contributed by atoms with E-state index in [1.54, 1.807) is 0 Å². The van der Waals surface area contributed by atoms with Crippen molar-refractivity contribution in [2.24, 2.45) is 0 Å². The van der Waals surface area contributed by atoms with Crippen LogP contribution in [-0.4, -0.2) is 22.7 Å². The number of ether oxygens (including phenoxy) is 1. The minimum absolute atomic E-state index is 0.0736. The molecule has 0 aliphatic rings. The number of carbonyl (C=O) groups is 1. The molecule has 106 valence electrons. The predicted molar refractivity (Wildman–Crippen MR) is 67.2 cm³/mol. The molecule has 1 heterocycles. The summed E-state index contributed by atoms with van der Waals surface area (Å²) in [7, 11) is 0. The summed E-state index contributed by atoms with van der Waals surface area (Å²) in [6, 6.07) is 5.53. The molecule has 0 spiro atoms. The van der Waals surface area contributed by atoms with Crippen molar-refractivity contribution >= 4 is 11.7 Å². The molecule has 0 aliphatic carbocycles. The molecule has 0 saturated carbocycles. The van der Waals surface area contributed by atoms with E-state index in [9.17, 15) is 13.6 Å². The van der Waals surface area contributed by atoms with Crippen LogP contribution < -0.4 is 15.8 Å². The maximum Gasteiger partial charge on any atom is 0.387 e. The average Bonchev–Trinajstić information content (AvgIpc) is 2.81. The van der Waals surface area contributed by atoms with Crippen molar-refractivity contribution in [2.75, 3.05) is 5.73 Å². The third-order valence-electron chi connectivity index (χ3n) is 2.51. The fourth-order valence-electron chi connectivity index (χ4n) is 1.55. The van der Waals surface area contributed by atoms with Gasteiger partial charge in [-0.3, -0.25) is 9.89 Å². The molecule has 0 fully saturated rings. The van der Waals surface area contributed by atoms with Crippen LogP contribution in [0.3, 0.4) is 0 Å². The van der Waals surface area contributed by atoms with E-state index in [0.29, 0.717) is 11.4 Å². The van der Waals surface area contributed by atoms with Gasteiger partial charge in [-0.1, -0.05) is 6.07 Å². The van der Waals surface area contributed by atoms with E-state index in [4.69, 9.17) is 5.73 Å². The normalized spacial score (nSPS) is 10.6. The highest BCUT2D eigenvalue weighted by Gasteiger charge is 2.10. The Labute approximate surface area is 112 Å². The highest BCUT2D eigenvalue weighted by Crippen LogP contribution is 2.16. The molecule has 20 heavy (non-hydrogen) atoms. The third kappa shape index (κ3) is 3.44. The molecule has 4 N–H and O–H groups in total. The summed E-state index contributed by atoms with van der Waals surface area (Å²) in [5.74, 6) is -0.138. The van der Waals surface area contributed by atoms with Crippen LogP contribution in [0.2, 0.25) is 0 Å². The van der Waals surface area contributed by atoms with E-state index in [1.165, 1.54) is 30.5 Å². The van der Waals surface area contributed by atoms with E-state index in [-0.39, 0.29) is 17.9 Å². The molecule has 0 bridgehead atoms. The summed E-state index contributed by atoms with van der Waals surface area (Å²) in [4.78, 5) is 11.9. The van der Waals surface area contributed by atoms with Crippen molar-refractivity contribution < 1.29 is 18.3 Å². The van der Waals surface area contributed by atoms with Gasteiger partial charge in [-0.05, 0) is 18.2 Å². The topological polar surface area (TPSA) is 93.0 Å². The summed E-state index contributed by atoms with van der Waals surface area (Å²) >= 11 is 0. The van der Waals surface area contributed by atoms with E-state index in [1.807, 2.05) is 0 Å². The summed E-state index contributed by atoms with van der Waals surface area (Å²) in [5.41, 5.74) is 6.42. The molecule has 1 aromatic heterocycles. The Kier molecular flexibility index (Phi) is 4.14. The number of anilines is 1. The predicted octanol–water partition coefficient (Wildman–Crippen LogP) is 1.52. The number of H-pyrrole nitrogens is 1. The number of nitrogens with zero attached hydrogens (tertiary/aromatic N) is 1. The second-order valence-electron chi connectivity index (χ2n) is 3.90. The fourth-order valence-corrected chi connectivity index (χ4v) is 1.55. The van der Waals surface area contributed by atoms with Gasteiger partial charge in [-0.2, -0.15) is 13.9 Å². The van der Waals surface area contributed by atoms with E-state index in [0.717, 1.165) is 0 Å². The van der Waals surface area contributed by atoms with Crippen molar-refractivity contribution in [3.8, 4) is 5.75 Å². The Morgan fingerprint density at radius 3 is 2.95 bits per heavy atom. The standard InChI is InChI=1S/C12H12F2N4O2/c13-12(14)20-9-3-1-2-7(4-9)11(19)16-5-8-6-17-18-10(8)15/h1-4,6,12H,5H2,(H,16,19)(H3,15,17,18). The number of benzene rings is 1. The summed E-state index contributed by atoms with van der Waals surface area (Å²) < 4.78 is 28.4. The number of carbonyl (C=O) groups excluding carboxylic acids is 1. The summed E-state index contributed by atoms with van der Waals surface area (Å²) in [6.45, 7) is -2.75. The van der Waals surface area contributed by atoms with Gasteiger partial charge in [0.2, 0.25) is 0 Å². The summed E-state index contributed by atoms with van der Waals surface area (Å²) in [5, 5.41) is 8.85. The van der Waals surface area contributed by atoms with Gasteiger partial charge < -0.3 is 15.8 Å². The number of aromatic nitrogens is 2. The van der Waals surface area contributed by atoms with Gasteiger partial charge in [0, 0.05) is 17.7 Å². The monoisotopic (exact) mass is 282 g/mol. The number of nitrogens with two attached hydrogens (primary N) is 1. The van der Waals surface area contributed by atoms with Crippen LogP contribution in [0.1, 0.15) is 15.9 Å². The van der Waals surface area contributed by atoms with Gasteiger partial charge in [-0.15, -0.1) is 0 Å². The van der Waals surface area contributed by atoms with Gasteiger partial charge in [0.15, 0.2) is 0 Å². The first kappa shape index (κ1) is 13.8. The van der Waals surface area contributed by atoms with Gasteiger partial charge in [0.05, 0.1) is 6.20 Å². The Bertz CT molecular complexity index is 601. The molecule has 0 atom stereocenters.